The summed E-state index contributed by atoms with van der Waals surface area (Å²) in [6.45, 7) is 1.91. The van der Waals surface area contributed by atoms with E-state index in [1.165, 1.54) is 22.4 Å². The first-order chi connectivity index (χ1) is 15.7. The van der Waals surface area contributed by atoms with E-state index in [9.17, 15) is 0 Å². The lowest BCUT2D eigenvalue weighted by Gasteiger charge is -2.34. The van der Waals surface area contributed by atoms with Gasteiger partial charge in [0.2, 0.25) is 0 Å². The average Bonchev–Trinajstić information content (AvgIpc) is 3.19. The second-order valence-corrected chi connectivity index (χ2v) is 9.80. The van der Waals surface area contributed by atoms with Gasteiger partial charge in [-0.2, -0.15) is 0 Å². The van der Waals surface area contributed by atoms with E-state index in [2.05, 4.69) is 89.8 Å². The Hall–Kier alpha value is -2.74. The van der Waals surface area contributed by atoms with E-state index < -0.39 is 0 Å². The quantitative estimate of drug-likeness (QED) is 0.310. The summed E-state index contributed by atoms with van der Waals surface area (Å²) in [5.41, 5.74) is 5.20. The summed E-state index contributed by atoms with van der Waals surface area (Å²) in [4.78, 5) is 2.50. The molecule has 158 valence electrons. The summed E-state index contributed by atoms with van der Waals surface area (Å²) in [6.07, 6.45) is 0. The van der Waals surface area contributed by atoms with Gasteiger partial charge in [0, 0.05) is 45.6 Å². The number of anilines is 1. The fourth-order valence-corrected chi connectivity index (χ4v) is 6.67. The molecule has 3 heteroatoms. The molecule has 1 aliphatic carbocycles. The van der Waals surface area contributed by atoms with Crippen molar-refractivity contribution in [2.45, 2.75) is 10.8 Å². The number of benzene rings is 4. The Morgan fingerprint density at radius 3 is 1.84 bits per heavy atom. The van der Waals surface area contributed by atoms with Gasteiger partial charge in [-0.15, -0.1) is 0 Å². The van der Waals surface area contributed by atoms with Crippen LogP contribution in [-0.4, -0.2) is 13.1 Å². The minimum absolute atomic E-state index is 0.0391. The smallest absolute Gasteiger partial charge is 0.0426 e. The third kappa shape index (κ3) is 2.71. The van der Waals surface area contributed by atoms with Gasteiger partial charge in [0.05, 0.1) is 0 Å². The van der Waals surface area contributed by atoms with E-state index >= 15 is 0 Å². The number of hydrogen-bond donors (Lipinski definition) is 0. The van der Waals surface area contributed by atoms with Crippen LogP contribution < -0.4 is 4.90 Å². The van der Waals surface area contributed by atoms with Gasteiger partial charge in [0.15, 0.2) is 0 Å². The molecular weight excluding hydrogens is 433 g/mol. The van der Waals surface area contributed by atoms with Crippen molar-refractivity contribution in [3.63, 3.8) is 0 Å². The van der Waals surface area contributed by atoms with Crippen LogP contribution in [0, 0.1) is 5.92 Å². The Labute approximate surface area is 199 Å². The third-order valence-corrected chi connectivity index (χ3v) is 8.06. The van der Waals surface area contributed by atoms with E-state index in [4.69, 9.17) is 23.2 Å². The lowest BCUT2D eigenvalue weighted by Crippen LogP contribution is -2.37. The molecule has 1 saturated carbocycles. The first-order valence-electron chi connectivity index (χ1n) is 11.0. The molecule has 0 bridgehead atoms. The van der Waals surface area contributed by atoms with Gasteiger partial charge in [0.25, 0.3) is 0 Å². The van der Waals surface area contributed by atoms with Gasteiger partial charge < -0.3 is 4.90 Å². The summed E-state index contributed by atoms with van der Waals surface area (Å²) in [5, 5.41) is 1.55. The largest absolute Gasteiger partial charge is 0.370 e. The predicted molar refractivity (Wildman–Crippen MR) is 134 cm³/mol. The van der Waals surface area contributed by atoms with E-state index in [-0.39, 0.29) is 10.8 Å². The highest BCUT2D eigenvalue weighted by atomic mass is 35.5. The van der Waals surface area contributed by atoms with E-state index in [0.29, 0.717) is 5.92 Å². The van der Waals surface area contributed by atoms with Gasteiger partial charge in [0.1, 0.15) is 0 Å². The Balaban J connectivity index is 1.55. The minimum Gasteiger partial charge on any atom is -0.370 e. The molecule has 0 spiro atoms. The molecule has 1 saturated heterocycles. The molecule has 2 aliphatic rings. The van der Waals surface area contributed by atoms with Crippen LogP contribution in [0.25, 0.3) is 0 Å². The molecule has 0 aromatic heterocycles. The molecule has 2 unspecified atom stereocenters. The summed E-state index contributed by atoms with van der Waals surface area (Å²) < 4.78 is 0. The average molecular weight is 456 g/mol. The SMILES string of the molecule is Clc1ccc(C23CN(c4cccc(Cl)c4)CC2C3(c2ccccc2)c2ccccc2)cc1. The molecule has 0 N–H and O–H groups in total. The zero-order valence-electron chi connectivity index (χ0n) is 17.6. The lowest BCUT2D eigenvalue weighted by molar-refractivity contribution is 0.586. The Kier molecular flexibility index (Phi) is 4.61. The van der Waals surface area contributed by atoms with Crippen molar-refractivity contribution in [2.24, 2.45) is 5.92 Å². The van der Waals surface area contributed by atoms with Crippen LogP contribution in [0.2, 0.25) is 10.0 Å². The number of hydrogen-bond acceptors (Lipinski definition) is 1. The summed E-state index contributed by atoms with van der Waals surface area (Å²) in [6, 6.07) is 38.8. The zero-order chi connectivity index (χ0) is 21.8. The van der Waals surface area contributed by atoms with Crippen LogP contribution in [-0.2, 0) is 10.8 Å². The highest BCUT2D eigenvalue weighted by Crippen LogP contribution is 2.76. The van der Waals surface area contributed by atoms with Gasteiger partial charge in [-0.25, -0.2) is 0 Å². The fourth-order valence-electron chi connectivity index (χ4n) is 6.35. The van der Waals surface area contributed by atoms with Gasteiger partial charge in [-0.3, -0.25) is 0 Å². The zero-order valence-corrected chi connectivity index (χ0v) is 19.1. The minimum atomic E-state index is -0.0710. The number of rotatable bonds is 4. The molecule has 32 heavy (non-hydrogen) atoms. The monoisotopic (exact) mass is 455 g/mol. The normalized spacial score (nSPS) is 23.1. The maximum absolute atomic E-state index is 6.35. The highest BCUT2D eigenvalue weighted by molar-refractivity contribution is 6.31. The predicted octanol–water partition coefficient (Wildman–Crippen LogP) is 7.37. The van der Waals surface area contributed by atoms with Crippen LogP contribution in [0.1, 0.15) is 16.7 Å². The molecule has 0 amide bonds. The van der Waals surface area contributed by atoms with Crippen LogP contribution in [0.15, 0.2) is 109 Å². The van der Waals surface area contributed by atoms with Crippen molar-refractivity contribution in [1.82, 2.24) is 0 Å². The Bertz CT molecular complexity index is 1210. The molecule has 0 radical (unpaired) electrons. The van der Waals surface area contributed by atoms with E-state index in [0.717, 1.165) is 23.1 Å². The molecule has 1 aliphatic heterocycles. The second-order valence-electron chi connectivity index (χ2n) is 8.93. The van der Waals surface area contributed by atoms with E-state index in [1.807, 2.05) is 24.3 Å². The third-order valence-electron chi connectivity index (χ3n) is 7.57. The highest BCUT2D eigenvalue weighted by Gasteiger charge is 2.81. The molecule has 4 aromatic rings. The number of fused-ring (bicyclic) bond motifs is 1. The van der Waals surface area contributed by atoms with Gasteiger partial charge in [-0.05, 0) is 47.0 Å². The first kappa shape index (κ1) is 19.9. The Morgan fingerprint density at radius 1 is 0.625 bits per heavy atom. The molecule has 1 heterocycles. The van der Waals surface area contributed by atoms with Crippen molar-refractivity contribution >= 4 is 28.9 Å². The molecular formula is C29H23Cl2N. The standard InChI is InChI=1S/C29H23Cl2N/c30-24-16-14-21(15-17-24)28-20-32(26-13-7-12-25(31)18-26)19-27(28)29(28,22-8-3-1-4-9-22)23-10-5-2-6-11-23/h1-18,27H,19-20H2. The molecule has 6 rings (SSSR count). The van der Waals surface area contributed by atoms with Gasteiger partial charge in [-0.1, -0.05) is 102 Å². The molecule has 4 aromatic carbocycles. The number of halogens is 2. The topological polar surface area (TPSA) is 3.24 Å². The van der Waals surface area contributed by atoms with Crippen LogP contribution in [0.5, 0.6) is 0 Å². The number of piperidine rings is 1. The summed E-state index contributed by atoms with van der Waals surface area (Å²) in [5.74, 6) is 0.444. The maximum atomic E-state index is 6.35. The second kappa shape index (κ2) is 7.40. The molecule has 1 nitrogen and oxygen atoms in total. The van der Waals surface area contributed by atoms with Crippen molar-refractivity contribution in [3.05, 3.63) is 136 Å². The van der Waals surface area contributed by atoms with Crippen molar-refractivity contribution in [2.75, 3.05) is 18.0 Å². The molecule has 2 fully saturated rings. The van der Waals surface area contributed by atoms with Crippen molar-refractivity contribution in [3.8, 4) is 0 Å². The lowest BCUT2D eigenvalue weighted by atomic mass is 9.76. The number of nitrogens with zero attached hydrogens (tertiary/aromatic N) is 1. The van der Waals surface area contributed by atoms with Crippen molar-refractivity contribution in [1.29, 1.82) is 0 Å². The fraction of sp³-hybridized carbons (Fsp3) is 0.172. The summed E-state index contributed by atoms with van der Waals surface area (Å²) >= 11 is 12.6. The first-order valence-corrected chi connectivity index (χ1v) is 11.8. The van der Waals surface area contributed by atoms with Crippen LogP contribution >= 0.6 is 23.2 Å². The maximum Gasteiger partial charge on any atom is 0.0426 e. The van der Waals surface area contributed by atoms with Gasteiger partial charge >= 0.3 is 0 Å². The van der Waals surface area contributed by atoms with Crippen molar-refractivity contribution < 1.29 is 0 Å². The van der Waals surface area contributed by atoms with E-state index in [1.54, 1.807) is 0 Å². The summed E-state index contributed by atoms with van der Waals surface area (Å²) in [7, 11) is 0. The van der Waals surface area contributed by atoms with Crippen LogP contribution in [0.4, 0.5) is 5.69 Å². The Morgan fingerprint density at radius 2 is 1.25 bits per heavy atom. The van der Waals surface area contributed by atoms with Crippen LogP contribution in [0.3, 0.4) is 0 Å². The molecule has 2 atom stereocenters.